The normalized spacial score (nSPS) is 11.5. The first kappa shape index (κ1) is 11.2. The van der Waals surface area contributed by atoms with Crippen LogP contribution in [-0.4, -0.2) is 30.5 Å². The van der Waals surface area contributed by atoms with Gasteiger partial charge >= 0.3 is 5.97 Å². The van der Waals surface area contributed by atoms with Gasteiger partial charge in [0, 0.05) is 18.3 Å². The molecule has 0 bridgehead atoms. The van der Waals surface area contributed by atoms with Crippen molar-refractivity contribution in [3.05, 3.63) is 30.1 Å². The Balaban J connectivity index is 2.66. The summed E-state index contributed by atoms with van der Waals surface area (Å²) in [6, 6.07) is 4.70. The molecular formula is C10H12N2O3. The van der Waals surface area contributed by atoms with E-state index < -0.39 is 12.0 Å². The number of esters is 1. The molecular weight excluding hydrogens is 196 g/mol. The highest BCUT2D eigenvalue weighted by molar-refractivity contribution is 5.78. The molecule has 1 heterocycles. The van der Waals surface area contributed by atoms with Gasteiger partial charge in [0.1, 0.15) is 6.04 Å². The fourth-order valence-electron chi connectivity index (χ4n) is 1.16. The maximum atomic E-state index is 11.2. The second-order valence-electron chi connectivity index (χ2n) is 2.89. The second-order valence-corrected chi connectivity index (χ2v) is 2.89. The van der Waals surface area contributed by atoms with E-state index in [0.29, 0.717) is 12.8 Å². The van der Waals surface area contributed by atoms with E-state index in [4.69, 9.17) is 0 Å². The summed E-state index contributed by atoms with van der Waals surface area (Å²) in [7, 11) is 1.28. The number of ether oxygens (including phenoxy) is 1. The fourth-order valence-corrected chi connectivity index (χ4v) is 1.16. The molecule has 5 heteroatoms. The molecule has 1 aromatic heterocycles. The summed E-state index contributed by atoms with van der Waals surface area (Å²) in [5, 5.41) is 2.39. The summed E-state index contributed by atoms with van der Waals surface area (Å²) in [6.07, 6.45) is 2.43. The van der Waals surface area contributed by atoms with E-state index >= 15 is 0 Å². The zero-order valence-corrected chi connectivity index (χ0v) is 8.34. The van der Waals surface area contributed by atoms with E-state index in [1.807, 2.05) is 6.07 Å². The van der Waals surface area contributed by atoms with Crippen LogP contribution < -0.4 is 5.32 Å². The van der Waals surface area contributed by atoms with Gasteiger partial charge in [-0.1, -0.05) is 6.07 Å². The smallest absolute Gasteiger partial charge is 0.328 e. The lowest BCUT2D eigenvalue weighted by atomic mass is 10.1. The molecule has 0 saturated heterocycles. The third kappa shape index (κ3) is 3.38. The van der Waals surface area contributed by atoms with Gasteiger partial charge in [0.15, 0.2) is 0 Å². The molecule has 0 spiro atoms. The first-order valence-electron chi connectivity index (χ1n) is 4.45. The number of carbonyl (C=O) groups excluding carboxylic acids is 2. The highest BCUT2D eigenvalue weighted by Gasteiger charge is 2.18. The van der Waals surface area contributed by atoms with Gasteiger partial charge in [-0.05, 0) is 12.1 Å². The Hall–Kier alpha value is -1.91. The van der Waals surface area contributed by atoms with Crippen LogP contribution in [0.15, 0.2) is 24.4 Å². The van der Waals surface area contributed by atoms with Crippen molar-refractivity contribution < 1.29 is 14.3 Å². The number of pyridine rings is 1. The van der Waals surface area contributed by atoms with Gasteiger partial charge in [-0.3, -0.25) is 9.78 Å². The van der Waals surface area contributed by atoms with Crippen LogP contribution in [-0.2, 0) is 20.7 Å². The molecule has 5 nitrogen and oxygen atoms in total. The summed E-state index contributed by atoms with van der Waals surface area (Å²) in [5.74, 6) is -0.479. The molecule has 0 aromatic carbocycles. The lowest BCUT2D eigenvalue weighted by Gasteiger charge is -2.12. The molecule has 0 aliphatic carbocycles. The molecule has 0 aliphatic heterocycles. The molecule has 0 radical (unpaired) electrons. The van der Waals surface area contributed by atoms with Crippen molar-refractivity contribution in [2.75, 3.05) is 7.11 Å². The molecule has 1 atom stereocenters. The Kier molecular flexibility index (Phi) is 4.28. The van der Waals surface area contributed by atoms with Crippen molar-refractivity contribution in [3.63, 3.8) is 0 Å². The molecule has 80 valence electrons. The van der Waals surface area contributed by atoms with E-state index in [2.05, 4.69) is 15.0 Å². The third-order valence-corrected chi connectivity index (χ3v) is 1.89. The van der Waals surface area contributed by atoms with Crippen LogP contribution in [0.2, 0.25) is 0 Å². The maximum Gasteiger partial charge on any atom is 0.328 e. The van der Waals surface area contributed by atoms with Gasteiger partial charge in [0.05, 0.1) is 7.11 Å². The average molecular weight is 208 g/mol. The monoisotopic (exact) mass is 208 g/mol. The minimum absolute atomic E-state index is 0.326. The predicted molar refractivity (Wildman–Crippen MR) is 52.9 cm³/mol. The third-order valence-electron chi connectivity index (χ3n) is 1.89. The maximum absolute atomic E-state index is 11.2. The van der Waals surface area contributed by atoms with Crippen LogP contribution in [0.25, 0.3) is 0 Å². The number of nitrogens with one attached hydrogen (secondary N) is 1. The van der Waals surface area contributed by atoms with E-state index in [9.17, 15) is 9.59 Å². The van der Waals surface area contributed by atoms with Crippen LogP contribution in [0.1, 0.15) is 5.69 Å². The van der Waals surface area contributed by atoms with Crippen LogP contribution in [0.3, 0.4) is 0 Å². The zero-order chi connectivity index (χ0) is 11.1. The molecule has 15 heavy (non-hydrogen) atoms. The van der Waals surface area contributed by atoms with Gasteiger partial charge in [0.25, 0.3) is 0 Å². The Labute approximate surface area is 87.5 Å². The minimum atomic E-state index is -0.678. The number of aromatic nitrogens is 1. The first-order chi connectivity index (χ1) is 7.27. The average Bonchev–Trinajstić information content (AvgIpc) is 2.29. The van der Waals surface area contributed by atoms with Crippen molar-refractivity contribution in [2.24, 2.45) is 0 Å². The lowest BCUT2D eigenvalue weighted by Crippen LogP contribution is -2.38. The number of nitrogens with zero attached hydrogens (tertiary/aromatic N) is 1. The fraction of sp³-hybridized carbons (Fsp3) is 0.300. The minimum Gasteiger partial charge on any atom is -0.467 e. The molecule has 1 rings (SSSR count). The van der Waals surface area contributed by atoms with E-state index in [1.165, 1.54) is 7.11 Å². The Morgan fingerprint density at radius 1 is 1.67 bits per heavy atom. The number of methoxy groups -OCH3 is 1. The van der Waals surface area contributed by atoms with Gasteiger partial charge in [-0.15, -0.1) is 0 Å². The molecule has 0 saturated carbocycles. The van der Waals surface area contributed by atoms with Crippen molar-refractivity contribution in [2.45, 2.75) is 12.5 Å². The SMILES string of the molecule is COC(=O)[C@H](Cc1ccccn1)NC=O. The standard InChI is InChI=1S/C10H12N2O3/c1-15-10(14)9(12-7-13)6-8-4-2-3-5-11-8/h2-5,7,9H,6H2,1H3,(H,12,13)/t9-/m0/s1. The van der Waals surface area contributed by atoms with Crippen LogP contribution in [0.5, 0.6) is 0 Å². The van der Waals surface area contributed by atoms with Crippen LogP contribution in [0, 0.1) is 0 Å². The summed E-state index contributed by atoms with van der Waals surface area (Å²) >= 11 is 0. The number of amides is 1. The molecule has 0 fully saturated rings. The predicted octanol–water partition coefficient (Wildman–Crippen LogP) is -0.0883. The van der Waals surface area contributed by atoms with Crippen molar-refractivity contribution in [3.8, 4) is 0 Å². The summed E-state index contributed by atoms with van der Waals surface area (Å²) in [6.45, 7) is 0. The number of hydrogen-bond donors (Lipinski definition) is 1. The van der Waals surface area contributed by atoms with Crippen LogP contribution in [0.4, 0.5) is 0 Å². The molecule has 0 aliphatic rings. The summed E-state index contributed by atoms with van der Waals surface area (Å²) in [5.41, 5.74) is 0.724. The molecule has 0 unspecified atom stereocenters. The van der Waals surface area contributed by atoms with Crippen LogP contribution >= 0.6 is 0 Å². The second kappa shape index (κ2) is 5.74. The highest BCUT2D eigenvalue weighted by atomic mass is 16.5. The summed E-state index contributed by atoms with van der Waals surface area (Å²) in [4.78, 5) is 25.6. The largest absolute Gasteiger partial charge is 0.467 e. The first-order valence-corrected chi connectivity index (χ1v) is 4.45. The zero-order valence-electron chi connectivity index (χ0n) is 8.34. The van der Waals surface area contributed by atoms with Crippen molar-refractivity contribution in [1.82, 2.24) is 10.3 Å². The van der Waals surface area contributed by atoms with E-state index in [0.717, 1.165) is 5.69 Å². The van der Waals surface area contributed by atoms with Gasteiger partial charge < -0.3 is 10.1 Å². The topological polar surface area (TPSA) is 68.3 Å². The van der Waals surface area contributed by atoms with Gasteiger partial charge in [-0.25, -0.2) is 4.79 Å². The van der Waals surface area contributed by atoms with Crippen molar-refractivity contribution >= 4 is 12.4 Å². The highest BCUT2D eigenvalue weighted by Crippen LogP contribution is 2.00. The number of hydrogen-bond acceptors (Lipinski definition) is 4. The molecule has 1 N–H and O–H groups in total. The molecule has 1 aromatic rings. The van der Waals surface area contributed by atoms with Crippen molar-refractivity contribution in [1.29, 1.82) is 0 Å². The van der Waals surface area contributed by atoms with E-state index in [-0.39, 0.29) is 0 Å². The van der Waals surface area contributed by atoms with Gasteiger partial charge in [-0.2, -0.15) is 0 Å². The molecule has 1 amide bonds. The Bertz CT molecular complexity index is 327. The van der Waals surface area contributed by atoms with Gasteiger partial charge in [0.2, 0.25) is 6.41 Å². The quantitative estimate of drug-likeness (QED) is 0.542. The number of carbonyl (C=O) groups is 2. The summed E-state index contributed by atoms with van der Waals surface area (Å²) < 4.78 is 4.55. The number of rotatable bonds is 5. The van der Waals surface area contributed by atoms with E-state index in [1.54, 1.807) is 18.3 Å². The Morgan fingerprint density at radius 2 is 2.47 bits per heavy atom. The Morgan fingerprint density at radius 3 is 3.00 bits per heavy atom. The lowest BCUT2D eigenvalue weighted by molar-refractivity contribution is -0.144.